The first-order valence-corrected chi connectivity index (χ1v) is 7.30. The molecule has 0 aliphatic rings. The molecule has 1 atom stereocenters. The smallest absolute Gasteiger partial charge is 0.244 e. The van der Waals surface area contributed by atoms with E-state index in [9.17, 15) is 8.42 Å². The van der Waals surface area contributed by atoms with Crippen molar-refractivity contribution in [1.29, 1.82) is 0 Å². The van der Waals surface area contributed by atoms with Crippen molar-refractivity contribution in [3.8, 4) is 5.75 Å². The Morgan fingerprint density at radius 2 is 2.17 bits per heavy atom. The number of aliphatic hydroxyl groups excluding tert-OH is 2. The zero-order valence-corrected chi connectivity index (χ0v) is 12.0. The predicted molar refractivity (Wildman–Crippen MR) is 69.0 cm³/mol. The lowest BCUT2D eigenvalue weighted by Gasteiger charge is -2.12. The molecule has 0 heterocycles. The van der Waals surface area contributed by atoms with Gasteiger partial charge in [0.25, 0.3) is 0 Å². The fourth-order valence-electron chi connectivity index (χ4n) is 1.21. The van der Waals surface area contributed by atoms with Gasteiger partial charge in [0.05, 0.1) is 19.8 Å². The minimum absolute atomic E-state index is 0.0375. The number of sulfonamides is 1. The molecule has 0 aromatic heterocycles. The van der Waals surface area contributed by atoms with Gasteiger partial charge in [-0.15, -0.1) is 0 Å². The fourth-order valence-corrected chi connectivity index (χ4v) is 2.99. The van der Waals surface area contributed by atoms with E-state index < -0.39 is 22.7 Å². The van der Waals surface area contributed by atoms with Gasteiger partial charge >= 0.3 is 0 Å². The van der Waals surface area contributed by atoms with Crippen LogP contribution in [0.25, 0.3) is 0 Å². The number of benzene rings is 1. The van der Waals surface area contributed by atoms with Crippen LogP contribution in [-0.2, 0) is 10.0 Å². The highest BCUT2D eigenvalue weighted by molar-refractivity contribution is 9.10. The summed E-state index contributed by atoms with van der Waals surface area (Å²) in [5.41, 5.74) is 0. The Bertz CT molecular complexity index is 505. The highest BCUT2D eigenvalue weighted by atomic mass is 79.9. The first-order chi connectivity index (χ1) is 8.40. The van der Waals surface area contributed by atoms with Gasteiger partial charge < -0.3 is 14.9 Å². The summed E-state index contributed by atoms with van der Waals surface area (Å²) in [6.07, 6.45) is -1.14. The molecule has 8 heteroatoms. The van der Waals surface area contributed by atoms with Crippen LogP contribution >= 0.6 is 15.9 Å². The van der Waals surface area contributed by atoms with Crippen LogP contribution in [-0.4, -0.2) is 45.0 Å². The minimum Gasteiger partial charge on any atom is -0.495 e. The molecule has 0 saturated heterocycles. The van der Waals surface area contributed by atoms with E-state index in [1.54, 1.807) is 6.07 Å². The summed E-state index contributed by atoms with van der Waals surface area (Å²) < 4.78 is 31.7. The van der Waals surface area contributed by atoms with Crippen molar-refractivity contribution in [2.24, 2.45) is 0 Å². The largest absolute Gasteiger partial charge is 0.495 e. The van der Waals surface area contributed by atoms with Crippen LogP contribution in [0.5, 0.6) is 5.75 Å². The molecule has 1 rings (SSSR count). The quantitative estimate of drug-likeness (QED) is 0.682. The van der Waals surface area contributed by atoms with Crippen molar-refractivity contribution in [1.82, 2.24) is 4.72 Å². The van der Waals surface area contributed by atoms with E-state index in [1.165, 1.54) is 19.2 Å². The lowest BCUT2D eigenvalue weighted by molar-refractivity contribution is 0.0988. The molecule has 0 aliphatic carbocycles. The summed E-state index contributed by atoms with van der Waals surface area (Å²) in [6.45, 7) is -0.785. The van der Waals surface area contributed by atoms with Crippen molar-refractivity contribution < 1.29 is 23.4 Å². The molecule has 18 heavy (non-hydrogen) atoms. The van der Waals surface area contributed by atoms with Crippen molar-refractivity contribution in [2.75, 3.05) is 20.3 Å². The van der Waals surface area contributed by atoms with Gasteiger partial charge in [0.1, 0.15) is 10.6 Å². The lowest BCUT2D eigenvalue weighted by Crippen LogP contribution is -2.34. The van der Waals surface area contributed by atoms with Crippen LogP contribution in [0.15, 0.2) is 27.6 Å². The third-order valence-corrected chi connectivity index (χ3v) is 4.07. The van der Waals surface area contributed by atoms with E-state index in [2.05, 4.69) is 20.7 Å². The Balaban J connectivity index is 3.00. The third-order valence-electron chi connectivity index (χ3n) is 2.13. The lowest BCUT2D eigenvalue weighted by atomic mass is 10.3. The fraction of sp³-hybridized carbons (Fsp3) is 0.400. The second kappa shape index (κ2) is 6.48. The van der Waals surface area contributed by atoms with Gasteiger partial charge in [0, 0.05) is 11.0 Å². The van der Waals surface area contributed by atoms with Crippen LogP contribution in [0.2, 0.25) is 0 Å². The normalized spacial score (nSPS) is 13.3. The maximum absolute atomic E-state index is 12.0. The number of methoxy groups -OCH3 is 1. The molecule has 0 bridgehead atoms. The number of hydrogen-bond acceptors (Lipinski definition) is 5. The van der Waals surface area contributed by atoms with Crippen molar-refractivity contribution >= 4 is 26.0 Å². The Labute approximate surface area is 114 Å². The average Bonchev–Trinajstić information content (AvgIpc) is 2.36. The molecule has 102 valence electrons. The second-order valence-electron chi connectivity index (χ2n) is 3.48. The summed E-state index contributed by atoms with van der Waals surface area (Å²) in [6, 6.07) is 4.56. The summed E-state index contributed by atoms with van der Waals surface area (Å²) in [5, 5.41) is 17.8. The zero-order valence-electron chi connectivity index (χ0n) is 9.63. The summed E-state index contributed by atoms with van der Waals surface area (Å²) in [4.78, 5) is -0.0375. The van der Waals surface area contributed by atoms with Crippen LogP contribution in [0.4, 0.5) is 0 Å². The van der Waals surface area contributed by atoms with E-state index in [0.29, 0.717) is 4.47 Å². The van der Waals surface area contributed by atoms with E-state index in [4.69, 9.17) is 14.9 Å². The zero-order chi connectivity index (χ0) is 13.8. The molecule has 3 N–H and O–H groups in total. The molecular weight excluding hydrogens is 326 g/mol. The third kappa shape index (κ3) is 3.92. The number of hydrogen-bond donors (Lipinski definition) is 3. The van der Waals surface area contributed by atoms with Crippen molar-refractivity contribution in [2.45, 2.75) is 11.0 Å². The average molecular weight is 340 g/mol. The van der Waals surface area contributed by atoms with Crippen molar-refractivity contribution in [3.63, 3.8) is 0 Å². The Morgan fingerprint density at radius 3 is 2.72 bits per heavy atom. The number of halogens is 1. The van der Waals surface area contributed by atoms with Gasteiger partial charge in [-0.1, -0.05) is 15.9 Å². The van der Waals surface area contributed by atoms with Crippen LogP contribution in [0.3, 0.4) is 0 Å². The molecule has 0 amide bonds. The SMILES string of the molecule is COc1ccc(Br)cc1S(=O)(=O)NCC(O)CO. The molecular formula is C10H14BrNO5S. The predicted octanol–water partition coefficient (Wildman–Crippen LogP) is 0.0892. The Morgan fingerprint density at radius 1 is 1.50 bits per heavy atom. The number of nitrogens with one attached hydrogen (secondary N) is 1. The second-order valence-corrected chi connectivity index (χ2v) is 6.13. The number of ether oxygens (including phenoxy) is 1. The molecule has 1 aromatic rings. The number of aliphatic hydroxyl groups is 2. The molecule has 1 aromatic carbocycles. The Kier molecular flexibility index (Phi) is 5.54. The van der Waals surface area contributed by atoms with E-state index in [0.717, 1.165) is 0 Å². The molecule has 0 radical (unpaired) electrons. The van der Waals surface area contributed by atoms with Gasteiger partial charge in [0.15, 0.2) is 0 Å². The first kappa shape index (κ1) is 15.4. The highest BCUT2D eigenvalue weighted by Gasteiger charge is 2.20. The maximum atomic E-state index is 12.0. The topological polar surface area (TPSA) is 95.9 Å². The minimum atomic E-state index is -3.81. The number of rotatable bonds is 6. The highest BCUT2D eigenvalue weighted by Crippen LogP contribution is 2.26. The van der Waals surface area contributed by atoms with Gasteiger partial charge in [-0.05, 0) is 18.2 Å². The van der Waals surface area contributed by atoms with Crippen LogP contribution in [0.1, 0.15) is 0 Å². The molecule has 0 spiro atoms. The Hall–Kier alpha value is -0.670. The van der Waals surface area contributed by atoms with Crippen LogP contribution in [0, 0.1) is 0 Å². The standard InChI is InChI=1S/C10H14BrNO5S/c1-17-9-3-2-7(11)4-10(9)18(15,16)12-5-8(14)6-13/h2-4,8,12-14H,5-6H2,1H3. The molecule has 0 saturated carbocycles. The summed E-state index contributed by atoms with van der Waals surface area (Å²) in [5.74, 6) is 0.198. The monoisotopic (exact) mass is 339 g/mol. The summed E-state index contributed by atoms with van der Waals surface area (Å²) in [7, 11) is -2.44. The molecule has 0 aliphatic heterocycles. The van der Waals surface area contributed by atoms with Gasteiger partial charge in [0.2, 0.25) is 10.0 Å². The molecule has 6 nitrogen and oxygen atoms in total. The maximum Gasteiger partial charge on any atom is 0.244 e. The van der Waals surface area contributed by atoms with E-state index >= 15 is 0 Å². The van der Waals surface area contributed by atoms with Gasteiger partial charge in [-0.25, -0.2) is 13.1 Å². The van der Waals surface area contributed by atoms with Crippen LogP contribution < -0.4 is 9.46 Å². The van der Waals surface area contributed by atoms with E-state index in [-0.39, 0.29) is 17.2 Å². The first-order valence-electron chi connectivity index (χ1n) is 5.03. The molecule has 0 fully saturated rings. The van der Waals surface area contributed by atoms with Crippen molar-refractivity contribution in [3.05, 3.63) is 22.7 Å². The van der Waals surface area contributed by atoms with Gasteiger partial charge in [-0.3, -0.25) is 0 Å². The molecule has 1 unspecified atom stereocenters. The van der Waals surface area contributed by atoms with E-state index in [1.807, 2.05) is 0 Å². The van der Waals surface area contributed by atoms with Gasteiger partial charge in [-0.2, -0.15) is 0 Å². The summed E-state index contributed by atoms with van der Waals surface area (Å²) >= 11 is 3.17.